The summed E-state index contributed by atoms with van der Waals surface area (Å²) in [5.74, 6) is -0.835. The molecule has 2 fully saturated rings. The van der Waals surface area contributed by atoms with Crippen molar-refractivity contribution in [2.75, 3.05) is 6.54 Å². The number of carbonyl (C=O) groups excluding carboxylic acids is 1. The normalized spacial score (nSPS) is 27.4. The van der Waals surface area contributed by atoms with Crippen LogP contribution in [0.5, 0.6) is 0 Å². The average molecular weight is 273 g/mol. The molecule has 1 saturated carbocycles. The van der Waals surface area contributed by atoms with Gasteiger partial charge in [-0.2, -0.15) is 0 Å². The molecule has 0 aromatic heterocycles. The van der Waals surface area contributed by atoms with E-state index in [-0.39, 0.29) is 11.9 Å². The van der Waals surface area contributed by atoms with Crippen LogP contribution in [0.2, 0.25) is 0 Å². The maximum atomic E-state index is 12.5. The van der Waals surface area contributed by atoms with Gasteiger partial charge in [-0.15, -0.1) is 0 Å². The summed E-state index contributed by atoms with van der Waals surface area (Å²) in [4.78, 5) is 25.6. The summed E-state index contributed by atoms with van der Waals surface area (Å²) < 4.78 is 0. The summed E-state index contributed by atoms with van der Waals surface area (Å²) in [7, 11) is 0. The zero-order valence-electron chi connectivity index (χ0n) is 11.6. The van der Waals surface area contributed by atoms with Crippen molar-refractivity contribution in [3.05, 3.63) is 35.9 Å². The van der Waals surface area contributed by atoms with Crippen LogP contribution in [0.25, 0.3) is 0 Å². The molecular formula is C16H19NO3. The first kappa shape index (κ1) is 13.2. The maximum Gasteiger partial charge on any atom is 0.319 e. The monoisotopic (exact) mass is 273 g/mol. The quantitative estimate of drug-likeness (QED) is 0.859. The minimum Gasteiger partial charge on any atom is -0.480 e. The smallest absolute Gasteiger partial charge is 0.319 e. The first-order valence-electron chi connectivity index (χ1n) is 7.16. The SMILES string of the molecule is C[C@H]1[C@H](c2ccccc2)CCN1C(=O)C1(C(=O)O)CC1. The summed E-state index contributed by atoms with van der Waals surface area (Å²) in [5, 5.41) is 9.26. The number of carbonyl (C=O) groups is 2. The lowest BCUT2D eigenvalue weighted by Gasteiger charge is -2.27. The van der Waals surface area contributed by atoms with Gasteiger partial charge < -0.3 is 10.0 Å². The topological polar surface area (TPSA) is 57.6 Å². The molecule has 3 rings (SSSR count). The van der Waals surface area contributed by atoms with Gasteiger partial charge in [0.15, 0.2) is 0 Å². The average Bonchev–Trinajstić information content (AvgIpc) is 3.18. The molecule has 0 unspecified atom stereocenters. The third-order valence-electron chi connectivity index (χ3n) is 4.81. The van der Waals surface area contributed by atoms with Crippen molar-refractivity contribution in [3.8, 4) is 0 Å². The van der Waals surface area contributed by atoms with E-state index < -0.39 is 11.4 Å². The molecule has 1 aromatic rings. The number of amides is 1. The van der Waals surface area contributed by atoms with E-state index in [1.165, 1.54) is 5.56 Å². The molecule has 1 amide bonds. The van der Waals surface area contributed by atoms with E-state index in [4.69, 9.17) is 0 Å². The summed E-state index contributed by atoms with van der Waals surface area (Å²) in [6.07, 6.45) is 1.88. The predicted octanol–water partition coefficient (Wildman–Crippen LogP) is 2.26. The second-order valence-electron chi connectivity index (χ2n) is 5.93. The highest BCUT2D eigenvalue weighted by molar-refractivity contribution is 6.05. The molecule has 20 heavy (non-hydrogen) atoms. The lowest BCUT2D eigenvalue weighted by Crippen LogP contribution is -2.43. The molecule has 0 bridgehead atoms. The summed E-state index contributed by atoms with van der Waals surface area (Å²) in [6, 6.07) is 10.2. The number of aliphatic carboxylic acids is 1. The Morgan fingerprint density at radius 1 is 1.25 bits per heavy atom. The van der Waals surface area contributed by atoms with Gasteiger partial charge in [0.1, 0.15) is 5.41 Å². The van der Waals surface area contributed by atoms with Gasteiger partial charge in [0.05, 0.1) is 0 Å². The van der Waals surface area contributed by atoms with Crippen LogP contribution in [0.4, 0.5) is 0 Å². The van der Waals surface area contributed by atoms with Crippen LogP contribution in [-0.2, 0) is 9.59 Å². The lowest BCUT2D eigenvalue weighted by atomic mass is 9.92. The fourth-order valence-corrected chi connectivity index (χ4v) is 3.29. The molecular weight excluding hydrogens is 254 g/mol. The number of likely N-dealkylation sites (tertiary alicyclic amines) is 1. The Balaban J connectivity index is 1.78. The Morgan fingerprint density at radius 2 is 1.90 bits per heavy atom. The largest absolute Gasteiger partial charge is 0.480 e. The van der Waals surface area contributed by atoms with Gasteiger partial charge in [0.25, 0.3) is 0 Å². The summed E-state index contributed by atoms with van der Waals surface area (Å²) in [5.41, 5.74) is 0.121. The van der Waals surface area contributed by atoms with Crippen molar-refractivity contribution < 1.29 is 14.7 Å². The third-order valence-corrected chi connectivity index (χ3v) is 4.81. The Morgan fingerprint density at radius 3 is 2.45 bits per heavy atom. The van der Waals surface area contributed by atoms with Crippen LogP contribution in [0.3, 0.4) is 0 Å². The number of benzene rings is 1. The van der Waals surface area contributed by atoms with E-state index in [2.05, 4.69) is 12.1 Å². The number of rotatable bonds is 3. The highest BCUT2D eigenvalue weighted by Gasteiger charge is 2.59. The Hall–Kier alpha value is -1.84. The molecule has 1 aromatic carbocycles. The van der Waals surface area contributed by atoms with Gasteiger partial charge in [-0.25, -0.2) is 0 Å². The Labute approximate surface area is 118 Å². The van der Waals surface area contributed by atoms with Crippen molar-refractivity contribution in [1.29, 1.82) is 0 Å². The third kappa shape index (κ3) is 1.90. The Bertz CT molecular complexity index is 536. The van der Waals surface area contributed by atoms with Crippen LogP contribution in [-0.4, -0.2) is 34.5 Å². The van der Waals surface area contributed by atoms with Crippen LogP contribution in [0.15, 0.2) is 30.3 Å². The fraction of sp³-hybridized carbons (Fsp3) is 0.500. The van der Waals surface area contributed by atoms with E-state index >= 15 is 0 Å². The molecule has 0 radical (unpaired) electrons. The summed E-state index contributed by atoms with van der Waals surface area (Å²) >= 11 is 0. The standard InChI is InChI=1S/C16H19NO3/c1-11-13(12-5-3-2-4-6-12)7-10-17(11)14(18)16(8-9-16)15(19)20/h2-6,11,13H,7-10H2,1H3,(H,19,20)/t11-,13+/m0/s1. The van der Waals surface area contributed by atoms with Crippen molar-refractivity contribution >= 4 is 11.9 Å². The van der Waals surface area contributed by atoms with Crippen LogP contribution < -0.4 is 0 Å². The van der Waals surface area contributed by atoms with Gasteiger partial charge >= 0.3 is 5.97 Å². The van der Waals surface area contributed by atoms with Gasteiger partial charge in [-0.3, -0.25) is 9.59 Å². The van der Waals surface area contributed by atoms with Gasteiger partial charge in [0.2, 0.25) is 5.91 Å². The van der Waals surface area contributed by atoms with Crippen molar-refractivity contribution in [2.24, 2.45) is 5.41 Å². The number of carboxylic acid groups (broad SMARTS) is 1. The van der Waals surface area contributed by atoms with Crippen molar-refractivity contribution in [1.82, 2.24) is 4.90 Å². The van der Waals surface area contributed by atoms with Gasteiger partial charge in [-0.05, 0) is 31.7 Å². The zero-order valence-corrected chi connectivity index (χ0v) is 11.6. The molecule has 4 nitrogen and oxygen atoms in total. The molecule has 1 aliphatic carbocycles. The van der Waals surface area contributed by atoms with E-state index in [1.54, 1.807) is 4.90 Å². The van der Waals surface area contributed by atoms with E-state index in [0.717, 1.165) is 6.42 Å². The Kier molecular flexibility index (Phi) is 3.04. The molecule has 106 valence electrons. The highest BCUT2D eigenvalue weighted by Crippen LogP contribution is 2.49. The van der Waals surface area contributed by atoms with Gasteiger partial charge in [0, 0.05) is 18.5 Å². The van der Waals surface area contributed by atoms with Crippen LogP contribution >= 0.6 is 0 Å². The van der Waals surface area contributed by atoms with Crippen LogP contribution in [0.1, 0.15) is 37.7 Å². The minimum atomic E-state index is -1.11. The number of hydrogen-bond donors (Lipinski definition) is 1. The number of nitrogens with zero attached hydrogens (tertiary/aromatic N) is 1. The first-order valence-corrected chi connectivity index (χ1v) is 7.16. The van der Waals surface area contributed by atoms with Crippen molar-refractivity contribution in [2.45, 2.75) is 38.1 Å². The lowest BCUT2D eigenvalue weighted by molar-refractivity contribution is -0.153. The number of hydrogen-bond acceptors (Lipinski definition) is 2. The molecule has 1 heterocycles. The fourth-order valence-electron chi connectivity index (χ4n) is 3.29. The van der Waals surface area contributed by atoms with E-state index in [0.29, 0.717) is 25.3 Å². The zero-order chi connectivity index (χ0) is 14.3. The first-order chi connectivity index (χ1) is 9.56. The molecule has 0 spiro atoms. The summed E-state index contributed by atoms with van der Waals surface area (Å²) in [6.45, 7) is 2.69. The van der Waals surface area contributed by atoms with Gasteiger partial charge in [-0.1, -0.05) is 30.3 Å². The predicted molar refractivity (Wildman–Crippen MR) is 74.3 cm³/mol. The second-order valence-corrected chi connectivity index (χ2v) is 5.93. The molecule has 1 aliphatic heterocycles. The van der Waals surface area contributed by atoms with E-state index in [9.17, 15) is 14.7 Å². The maximum absolute atomic E-state index is 12.5. The molecule has 4 heteroatoms. The molecule has 1 saturated heterocycles. The molecule has 1 N–H and O–H groups in total. The number of carboxylic acids is 1. The molecule has 2 aliphatic rings. The highest BCUT2D eigenvalue weighted by atomic mass is 16.4. The van der Waals surface area contributed by atoms with E-state index in [1.807, 2.05) is 25.1 Å². The van der Waals surface area contributed by atoms with Crippen molar-refractivity contribution in [3.63, 3.8) is 0 Å². The minimum absolute atomic E-state index is 0.0710. The molecule has 2 atom stereocenters. The second kappa shape index (κ2) is 4.62. The van der Waals surface area contributed by atoms with Crippen LogP contribution in [0, 0.1) is 5.41 Å².